The number of carboxylic acid groups (broad SMARTS) is 1. The first kappa shape index (κ1) is 16.7. The molecule has 0 atom stereocenters. The van der Waals surface area contributed by atoms with Crippen LogP contribution in [0, 0.1) is 0 Å². The van der Waals surface area contributed by atoms with Gasteiger partial charge in [-0.1, -0.05) is 54.1 Å². The lowest BCUT2D eigenvalue weighted by atomic mass is 10.0. The molecule has 0 amide bonds. The molecule has 0 unspecified atom stereocenters. The van der Waals surface area contributed by atoms with Crippen LogP contribution in [-0.2, 0) is 0 Å². The molecule has 0 fully saturated rings. The lowest BCUT2D eigenvalue weighted by molar-refractivity contribution is 0.0698. The van der Waals surface area contributed by atoms with Crippen LogP contribution >= 0.6 is 11.6 Å². The molecule has 0 aromatic heterocycles. The Balaban J connectivity index is 2.04. The highest BCUT2D eigenvalue weighted by Gasteiger charge is 2.16. The summed E-state index contributed by atoms with van der Waals surface area (Å²) < 4.78 is 0. The Labute approximate surface area is 149 Å². The minimum absolute atomic E-state index is 0.121. The van der Waals surface area contributed by atoms with E-state index in [0.29, 0.717) is 27.5 Å². The number of halogens is 1. The van der Waals surface area contributed by atoms with Crippen LogP contribution in [0.4, 0.5) is 11.4 Å². The van der Waals surface area contributed by atoms with Crippen molar-refractivity contribution in [2.45, 2.75) is 0 Å². The molecule has 2 N–H and O–H groups in total. The van der Waals surface area contributed by atoms with Gasteiger partial charge in [-0.15, -0.1) is 0 Å². The van der Waals surface area contributed by atoms with Gasteiger partial charge in [-0.05, 0) is 30.3 Å². The molecule has 0 aliphatic rings. The molecular weight excluding hydrogens is 338 g/mol. The highest BCUT2D eigenvalue weighted by Crippen LogP contribution is 2.28. The molecule has 0 saturated carbocycles. The van der Waals surface area contributed by atoms with Gasteiger partial charge in [0, 0.05) is 21.8 Å². The first-order valence-electron chi connectivity index (χ1n) is 7.55. The summed E-state index contributed by atoms with van der Waals surface area (Å²) in [6.07, 6.45) is 0. The number of carbonyl (C=O) groups is 2. The minimum Gasteiger partial charge on any atom is -0.478 e. The zero-order valence-corrected chi connectivity index (χ0v) is 13.8. The van der Waals surface area contributed by atoms with Crippen molar-refractivity contribution >= 4 is 34.7 Å². The quantitative estimate of drug-likeness (QED) is 0.634. The predicted octanol–water partition coefficient (Wildman–Crippen LogP) is 5.01. The van der Waals surface area contributed by atoms with Crippen molar-refractivity contribution in [1.29, 1.82) is 0 Å². The highest BCUT2D eigenvalue weighted by molar-refractivity contribution is 6.31. The molecular formula is C20H14ClNO3. The Morgan fingerprint density at radius 2 is 1.44 bits per heavy atom. The molecule has 3 aromatic carbocycles. The number of para-hydroxylation sites is 1. The fraction of sp³-hybridized carbons (Fsp3) is 0. The number of nitrogens with one attached hydrogen (secondary N) is 1. The van der Waals surface area contributed by atoms with Crippen LogP contribution in [0.3, 0.4) is 0 Å². The van der Waals surface area contributed by atoms with Gasteiger partial charge in [0.15, 0.2) is 5.78 Å². The average molecular weight is 352 g/mol. The lowest BCUT2D eigenvalue weighted by Gasteiger charge is -2.14. The maximum absolute atomic E-state index is 12.8. The number of ketones is 1. The Morgan fingerprint density at radius 1 is 0.800 bits per heavy atom. The van der Waals surface area contributed by atoms with Crippen molar-refractivity contribution in [3.8, 4) is 0 Å². The third-order valence-corrected chi connectivity index (χ3v) is 3.92. The van der Waals surface area contributed by atoms with Gasteiger partial charge in [-0.25, -0.2) is 4.79 Å². The first-order chi connectivity index (χ1) is 12.1. The fourth-order valence-corrected chi connectivity index (χ4v) is 2.65. The summed E-state index contributed by atoms with van der Waals surface area (Å²) in [7, 11) is 0. The van der Waals surface area contributed by atoms with Crippen LogP contribution in [0.25, 0.3) is 0 Å². The number of aromatic carboxylic acids is 1. The van der Waals surface area contributed by atoms with Gasteiger partial charge in [0.05, 0.1) is 11.3 Å². The van der Waals surface area contributed by atoms with Gasteiger partial charge in [0.2, 0.25) is 0 Å². The molecule has 124 valence electrons. The summed E-state index contributed by atoms with van der Waals surface area (Å²) >= 11 is 6.06. The summed E-state index contributed by atoms with van der Waals surface area (Å²) in [5, 5.41) is 12.8. The third kappa shape index (κ3) is 3.70. The fourth-order valence-electron chi connectivity index (χ4n) is 2.48. The van der Waals surface area contributed by atoms with Crippen molar-refractivity contribution in [3.05, 3.63) is 94.5 Å². The number of carboxylic acids is 1. The summed E-state index contributed by atoms with van der Waals surface area (Å²) in [6, 6.07) is 20.2. The Morgan fingerprint density at radius 3 is 2.16 bits per heavy atom. The van der Waals surface area contributed by atoms with E-state index in [1.54, 1.807) is 60.7 Å². The summed E-state index contributed by atoms with van der Waals surface area (Å²) in [5.74, 6) is -1.24. The standard InChI is InChI=1S/C20H14ClNO3/c21-14-10-11-18(22-17-9-5-4-8-15(17)20(24)25)16(12-14)19(23)13-6-2-1-3-7-13/h1-12,22H,(H,24,25). The van der Waals surface area contributed by atoms with Gasteiger partial charge in [-0.3, -0.25) is 4.79 Å². The van der Waals surface area contributed by atoms with Gasteiger partial charge in [-0.2, -0.15) is 0 Å². The third-order valence-electron chi connectivity index (χ3n) is 3.69. The van der Waals surface area contributed by atoms with E-state index < -0.39 is 5.97 Å². The largest absolute Gasteiger partial charge is 0.478 e. The predicted molar refractivity (Wildman–Crippen MR) is 98.0 cm³/mol. The molecule has 25 heavy (non-hydrogen) atoms. The van der Waals surface area contributed by atoms with Gasteiger partial charge in [0.25, 0.3) is 0 Å². The van der Waals surface area contributed by atoms with Crippen LogP contribution in [0.15, 0.2) is 72.8 Å². The summed E-state index contributed by atoms with van der Waals surface area (Å²) in [5.41, 5.74) is 1.92. The number of carbonyl (C=O) groups excluding carboxylic acids is 1. The average Bonchev–Trinajstić information content (AvgIpc) is 2.63. The molecule has 4 nitrogen and oxygen atoms in total. The Kier molecular flexibility index (Phi) is 4.82. The van der Waals surface area contributed by atoms with Crippen molar-refractivity contribution in [3.63, 3.8) is 0 Å². The maximum atomic E-state index is 12.8. The van der Waals surface area contributed by atoms with E-state index in [1.807, 2.05) is 6.07 Å². The summed E-state index contributed by atoms with van der Waals surface area (Å²) in [4.78, 5) is 24.2. The molecule has 0 spiro atoms. The number of benzene rings is 3. The van der Waals surface area contributed by atoms with E-state index in [9.17, 15) is 14.7 Å². The van der Waals surface area contributed by atoms with Gasteiger partial charge in [0.1, 0.15) is 0 Å². The molecule has 3 aromatic rings. The zero-order chi connectivity index (χ0) is 17.8. The molecule has 0 aliphatic carbocycles. The molecule has 0 radical (unpaired) electrons. The number of hydrogen-bond acceptors (Lipinski definition) is 3. The van der Waals surface area contributed by atoms with Crippen LogP contribution < -0.4 is 5.32 Å². The second kappa shape index (κ2) is 7.20. The smallest absolute Gasteiger partial charge is 0.337 e. The van der Waals surface area contributed by atoms with Gasteiger partial charge >= 0.3 is 5.97 Å². The lowest BCUT2D eigenvalue weighted by Crippen LogP contribution is -2.08. The number of hydrogen-bond donors (Lipinski definition) is 2. The first-order valence-corrected chi connectivity index (χ1v) is 7.92. The van der Waals surface area contributed by atoms with E-state index >= 15 is 0 Å². The normalized spacial score (nSPS) is 10.3. The molecule has 0 heterocycles. The second-order valence-corrected chi connectivity index (χ2v) is 5.80. The number of anilines is 2. The zero-order valence-electron chi connectivity index (χ0n) is 13.1. The Hall–Kier alpha value is -3.11. The minimum atomic E-state index is -1.05. The number of rotatable bonds is 5. The van der Waals surface area contributed by atoms with E-state index in [2.05, 4.69) is 5.32 Å². The molecule has 5 heteroatoms. The SMILES string of the molecule is O=C(O)c1ccccc1Nc1ccc(Cl)cc1C(=O)c1ccccc1. The monoisotopic (exact) mass is 351 g/mol. The summed E-state index contributed by atoms with van der Waals surface area (Å²) in [6.45, 7) is 0. The molecule has 3 rings (SSSR count). The van der Waals surface area contributed by atoms with E-state index in [1.165, 1.54) is 6.07 Å². The molecule has 0 aliphatic heterocycles. The van der Waals surface area contributed by atoms with Crippen LogP contribution in [0.2, 0.25) is 5.02 Å². The van der Waals surface area contributed by atoms with Crippen LogP contribution in [0.5, 0.6) is 0 Å². The molecule has 0 saturated heterocycles. The maximum Gasteiger partial charge on any atom is 0.337 e. The Bertz CT molecular complexity index is 939. The van der Waals surface area contributed by atoms with Crippen LogP contribution in [-0.4, -0.2) is 16.9 Å². The van der Waals surface area contributed by atoms with Crippen molar-refractivity contribution < 1.29 is 14.7 Å². The van der Waals surface area contributed by atoms with Crippen molar-refractivity contribution in [1.82, 2.24) is 0 Å². The van der Waals surface area contributed by atoms with Crippen molar-refractivity contribution in [2.75, 3.05) is 5.32 Å². The highest BCUT2D eigenvalue weighted by atomic mass is 35.5. The van der Waals surface area contributed by atoms with Crippen LogP contribution in [0.1, 0.15) is 26.3 Å². The van der Waals surface area contributed by atoms with E-state index in [4.69, 9.17) is 11.6 Å². The van der Waals surface area contributed by atoms with E-state index in [0.717, 1.165) is 0 Å². The second-order valence-electron chi connectivity index (χ2n) is 5.36. The molecule has 0 bridgehead atoms. The van der Waals surface area contributed by atoms with Crippen molar-refractivity contribution in [2.24, 2.45) is 0 Å². The van der Waals surface area contributed by atoms with E-state index in [-0.39, 0.29) is 11.3 Å². The van der Waals surface area contributed by atoms with Gasteiger partial charge < -0.3 is 10.4 Å². The topological polar surface area (TPSA) is 66.4 Å².